The highest BCUT2D eigenvalue weighted by Crippen LogP contribution is 2.25. The van der Waals surface area contributed by atoms with E-state index in [0.29, 0.717) is 11.7 Å². The Morgan fingerprint density at radius 1 is 1.58 bits per heavy atom. The molecular formula is C12H17N5O2. The number of anilines is 1. The lowest BCUT2D eigenvalue weighted by Gasteiger charge is -2.36. The highest BCUT2D eigenvalue weighted by molar-refractivity contribution is 5.48. The summed E-state index contributed by atoms with van der Waals surface area (Å²) in [6, 6.07) is 2.09. The fourth-order valence-corrected chi connectivity index (χ4v) is 2.45. The predicted octanol–water partition coefficient (Wildman–Crippen LogP) is 0.787. The molecule has 1 aliphatic heterocycles. The summed E-state index contributed by atoms with van der Waals surface area (Å²) >= 11 is 0. The molecule has 0 bridgehead atoms. The van der Waals surface area contributed by atoms with Crippen LogP contribution in [-0.2, 0) is 4.74 Å². The Kier molecular flexibility index (Phi) is 2.78. The van der Waals surface area contributed by atoms with Crippen LogP contribution in [-0.4, -0.2) is 37.8 Å². The molecule has 0 radical (unpaired) electrons. The standard InChI is InChI=1S/C12H17N5O2/c1-12(2)6-8(3-4-19-12)14-9-5-10-15-16-11(18)17(10)7-13-9/h5,7-8,14H,3-4,6H2,1-2H3,(H,16,18). The molecular weight excluding hydrogens is 246 g/mol. The number of aromatic nitrogens is 4. The van der Waals surface area contributed by atoms with Crippen LogP contribution in [0.4, 0.5) is 5.82 Å². The zero-order valence-corrected chi connectivity index (χ0v) is 11.0. The van der Waals surface area contributed by atoms with Gasteiger partial charge in [0.25, 0.3) is 0 Å². The molecule has 0 aliphatic carbocycles. The van der Waals surface area contributed by atoms with Crippen LogP contribution < -0.4 is 11.0 Å². The summed E-state index contributed by atoms with van der Waals surface area (Å²) < 4.78 is 7.06. The van der Waals surface area contributed by atoms with Gasteiger partial charge in [-0.15, -0.1) is 0 Å². The van der Waals surface area contributed by atoms with Crippen molar-refractivity contribution in [3.05, 3.63) is 22.9 Å². The zero-order chi connectivity index (χ0) is 13.5. The highest BCUT2D eigenvalue weighted by Gasteiger charge is 2.28. The number of aromatic amines is 1. The van der Waals surface area contributed by atoms with Crippen LogP contribution in [0.3, 0.4) is 0 Å². The second-order valence-corrected chi connectivity index (χ2v) is 5.47. The first-order chi connectivity index (χ1) is 9.03. The van der Waals surface area contributed by atoms with E-state index in [1.54, 1.807) is 6.07 Å². The van der Waals surface area contributed by atoms with Gasteiger partial charge < -0.3 is 10.1 Å². The van der Waals surface area contributed by atoms with Gasteiger partial charge in [0, 0.05) is 18.7 Å². The van der Waals surface area contributed by atoms with Gasteiger partial charge in [-0.05, 0) is 26.7 Å². The van der Waals surface area contributed by atoms with Gasteiger partial charge in [-0.2, -0.15) is 5.10 Å². The fourth-order valence-electron chi connectivity index (χ4n) is 2.45. The summed E-state index contributed by atoms with van der Waals surface area (Å²) in [7, 11) is 0. The van der Waals surface area contributed by atoms with Crippen molar-refractivity contribution in [3.63, 3.8) is 0 Å². The van der Waals surface area contributed by atoms with Crippen LogP contribution in [0.2, 0.25) is 0 Å². The van der Waals surface area contributed by atoms with Gasteiger partial charge in [-0.25, -0.2) is 19.3 Å². The normalized spacial score (nSPS) is 22.5. The van der Waals surface area contributed by atoms with Crippen molar-refractivity contribution in [2.75, 3.05) is 11.9 Å². The summed E-state index contributed by atoms with van der Waals surface area (Å²) in [5.74, 6) is 0.731. The van der Waals surface area contributed by atoms with Gasteiger partial charge in [0.15, 0.2) is 5.65 Å². The summed E-state index contributed by atoms with van der Waals surface area (Å²) in [6.07, 6.45) is 3.35. The minimum Gasteiger partial charge on any atom is -0.375 e. The van der Waals surface area contributed by atoms with Gasteiger partial charge in [0.2, 0.25) is 0 Å². The minimum absolute atomic E-state index is 0.108. The maximum Gasteiger partial charge on any atom is 0.348 e. The van der Waals surface area contributed by atoms with Crippen LogP contribution in [0.5, 0.6) is 0 Å². The molecule has 0 saturated carbocycles. The van der Waals surface area contributed by atoms with Gasteiger partial charge >= 0.3 is 5.69 Å². The third-order valence-electron chi connectivity index (χ3n) is 3.36. The molecule has 2 aromatic heterocycles. The third kappa shape index (κ3) is 2.46. The van der Waals surface area contributed by atoms with E-state index in [1.807, 2.05) is 0 Å². The van der Waals surface area contributed by atoms with Crippen molar-refractivity contribution < 1.29 is 4.74 Å². The Hall–Kier alpha value is -1.89. The molecule has 1 fully saturated rings. The third-order valence-corrected chi connectivity index (χ3v) is 3.36. The highest BCUT2D eigenvalue weighted by atomic mass is 16.5. The molecule has 0 aromatic carbocycles. The molecule has 102 valence electrons. The molecule has 0 amide bonds. The Balaban J connectivity index is 1.79. The van der Waals surface area contributed by atoms with Gasteiger partial charge in [0.1, 0.15) is 12.1 Å². The molecule has 2 N–H and O–H groups in total. The Morgan fingerprint density at radius 3 is 3.21 bits per heavy atom. The maximum atomic E-state index is 11.3. The van der Waals surface area contributed by atoms with E-state index in [1.165, 1.54) is 10.7 Å². The Labute approximate surface area is 110 Å². The van der Waals surface area contributed by atoms with E-state index in [4.69, 9.17) is 4.74 Å². The summed E-state index contributed by atoms with van der Waals surface area (Å²) in [5.41, 5.74) is 0.179. The number of hydrogen-bond acceptors (Lipinski definition) is 5. The summed E-state index contributed by atoms with van der Waals surface area (Å²) in [4.78, 5) is 15.6. The Bertz CT molecular complexity index is 645. The average Bonchev–Trinajstić information content (AvgIpc) is 2.69. The second kappa shape index (κ2) is 4.34. The van der Waals surface area contributed by atoms with Gasteiger partial charge in [0.05, 0.1) is 5.60 Å². The topological polar surface area (TPSA) is 84.3 Å². The smallest absolute Gasteiger partial charge is 0.348 e. The van der Waals surface area contributed by atoms with Crippen LogP contribution in [0.1, 0.15) is 26.7 Å². The van der Waals surface area contributed by atoms with Crippen molar-refractivity contribution >= 4 is 11.5 Å². The fraction of sp³-hybridized carbons (Fsp3) is 0.583. The van der Waals surface area contributed by atoms with E-state index in [2.05, 4.69) is 34.3 Å². The molecule has 2 aromatic rings. The van der Waals surface area contributed by atoms with E-state index in [9.17, 15) is 4.79 Å². The van der Waals surface area contributed by atoms with Gasteiger partial charge in [-0.1, -0.05) is 0 Å². The number of ether oxygens (including phenoxy) is 1. The molecule has 3 rings (SSSR count). The molecule has 1 aliphatic rings. The number of nitrogens with zero attached hydrogens (tertiary/aromatic N) is 3. The monoisotopic (exact) mass is 263 g/mol. The molecule has 0 spiro atoms. The second-order valence-electron chi connectivity index (χ2n) is 5.47. The van der Waals surface area contributed by atoms with Gasteiger partial charge in [-0.3, -0.25) is 0 Å². The molecule has 3 heterocycles. The van der Waals surface area contributed by atoms with E-state index in [0.717, 1.165) is 25.3 Å². The minimum atomic E-state index is -0.277. The number of nitrogens with one attached hydrogen (secondary N) is 2. The molecule has 1 unspecified atom stereocenters. The lowest BCUT2D eigenvalue weighted by atomic mass is 9.94. The summed E-state index contributed by atoms with van der Waals surface area (Å²) in [5, 5.41) is 9.69. The lowest BCUT2D eigenvalue weighted by Crippen LogP contribution is -2.40. The largest absolute Gasteiger partial charge is 0.375 e. The van der Waals surface area contributed by atoms with Crippen LogP contribution >= 0.6 is 0 Å². The maximum absolute atomic E-state index is 11.3. The number of hydrogen-bond donors (Lipinski definition) is 2. The molecule has 1 saturated heterocycles. The van der Waals surface area contributed by atoms with Crippen molar-refractivity contribution in [3.8, 4) is 0 Å². The van der Waals surface area contributed by atoms with Crippen molar-refractivity contribution in [2.45, 2.75) is 38.3 Å². The Morgan fingerprint density at radius 2 is 2.42 bits per heavy atom. The molecule has 7 heteroatoms. The predicted molar refractivity (Wildman–Crippen MR) is 70.3 cm³/mol. The summed E-state index contributed by atoms with van der Waals surface area (Å²) in [6.45, 7) is 4.92. The van der Waals surface area contributed by atoms with E-state index >= 15 is 0 Å². The van der Waals surface area contributed by atoms with Crippen molar-refractivity contribution in [2.24, 2.45) is 0 Å². The van der Waals surface area contributed by atoms with E-state index in [-0.39, 0.29) is 11.3 Å². The first-order valence-electron chi connectivity index (χ1n) is 6.37. The van der Waals surface area contributed by atoms with E-state index < -0.39 is 0 Å². The average molecular weight is 263 g/mol. The zero-order valence-electron chi connectivity index (χ0n) is 11.0. The number of H-pyrrole nitrogens is 1. The first kappa shape index (κ1) is 12.2. The van der Waals surface area contributed by atoms with Crippen molar-refractivity contribution in [1.82, 2.24) is 19.6 Å². The van der Waals surface area contributed by atoms with Crippen molar-refractivity contribution in [1.29, 1.82) is 0 Å². The molecule has 7 nitrogen and oxygen atoms in total. The van der Waals surface area contributed by atoms with Crippen LogP contribution in [0.15, 0.2) is 17.2 Å². The van der Waals surface area contributed by atoms with Crippen LogP contribution in [0.25, 0.3) is 5.65 Å². The number of rotatable bonds is 2. The first-order valence-corrected chi connectivity index (χ1v) is 6.37. The quantitative estimate of drug-likeness (QED) is 0.836. The molecule has 1 atom stereocenters. The SMILES string of the molecule is CC1(C)CC(Nc2cc3n[nH]c(=O)n3cn2)CCO1. The lowest BCUT2D eigenvalue weighted by molar-refractivity contribution is -0.0553. The number of fused-ring (bicyclic) bond motifs is 1. The van der Waals surface area contributed by atoms with Crippen LogP contribution in [0, 0.1) is 0 Å². The molecule has 19 heavy (non-hydrogen) atoms.